The van der Waals surface area contributed by atoms with E-state index in [1.54, 1.807) is 22.8 Å². The number of hydrazine groups is 1. The summed E-state index contributed by atoms with van der Waals surface area (Å²) in [6, 6.07) is 12.1. The minimum atomic E-state index is -0.560. The number of nitrogens with one attached hydrogen (secondary N) is 2. The van der Waals surface area contributed by atoms with E-state index in [9.17, 15) is 18.8 Å². The molecule has 0 saturated heterocycles. The Morgan fingerprint density at radius 2 is 1.76 bits per heavy atom. The molecule has 10 heteroatoms. The van der Waals surface area contributed by atoms with Gasteiger partial charge in [0.05, 0.1) is 16.7 Å². The van der Waals surface area contributed by atoms with Gasteiger partial charge in [0.25, 0.3) is 11.5 Å². The summed E-state index contributed by atoms with van der Waals surface area (Å²) >= 11 is 1.13. The zero-order valence-electron chi connectivity index (χ0n) is 19.2. The van der Waals surface area contributed by atoms with Crippen LogP contribution in [0.25, 0.3) is 10.9 Å². The molecule has 0 unspecified atom stereocenters. The number of nitrogens with zero attached hydrogens (tertiary/aromatic N) is 3. The number of hydrogen-bond acceptors (Lipinski definition) is 6. The monoisotopic (exact) mass is 485 g/mol. The number of carbonyl (C=O) groups excluding carboxylic acids is 2. The molecular formula is C24H28FN5O3S. The molecular weight excluding hydrogens is 457 g/mol. The van der Waals surface area contributed by atoms with Crippen molar-refractivity contribution >= 4 is 34.5 Å². The summed E-state index contributed by atoms with van der Waals surface area (Å²) in [5.41, 5.74) is 5.28. The second kappa shape index (κ2) is 12.3. The molecule has 0 fully saturated rings. The average molecular weight is 486 g/mol. The third-order valence-corrected chi connectivity index (χ3v) is 6.31. The van der Waals surface area contributed by atoms with Gasteiger partial charge in [0, 0.05) is 12.1 Å². The second-order valence-electron chi connectivity index (χ2n) is 7.55. The van der Waals surface area contributed by atoms with Crippen molar-refractivity contribution in [2.75, 3.05) is 25.4 Å². The first kappa shape index (κ1) is 25.4. The molecule has 0 atom stereocenters. The van der Waals surface area contributed by atoms with E-state index in [0.29, 0.717) is 22.6 Å². The van der Waals surface area contributed by atoms with E-state index in [1.165, 1.54) is 12.1 Å². The normalized spacial score (nSPS) is 11.1. The Bertz CT molecular complexity index is 1200. The lowest BCUT2D eigenvalue weighted by molar-refractivity contribution is -0.119. The number of fused-ring (bicyclic) bond motifs is 1. The summed E-state index contributed by atoms with van der Waals surface area (Å²) < 4.78 is 14.6. The van der Waals surface area contributed by atoms with Crippen molar-refractivity contribution in [3.8, 4) is 0 Å². The van der Waals surface area contributed by atoms with Gasteiger partial charge < -0.3 is 4.90 Å². The number of benzene rings is 2. The fraction of sp³-hybridized carbons (Fsp3) is 0.333. The molecule has 0 spiro atoms. The molecule has 34 heavy (non-hydrogen) atoms. The number of carbonyl (C=O) groups is 2. The minimum Gasteiger partial charge on any atom is -0.304 e. The van der Waals surface area contributed by atoms with Gasteiger partial charge in [-0.05, 0) is 62.5 Å². The maximum Gasteiger partial charge on any atom is 0.269 e. The molecule has 2 aromatic carbocycles. The summed E-state index contributed by atoms with van der Waals surface area (Å²) in [6.07, 6.45) is 0.773. The van der Waals surface area contributed by atoms with E-state index in [1.807, 2.05) is 6.07 Å². The van der Waals surface area contributed by atoms with Crippen molar-refractivity contribution in [1.29, 1.82) is 0 Å². The molecule has 2 N–H and O–H groups in total. The molecule has 3 rings (SSSR count). The van der Waals surface area contributed by atoms with Crippen molar-refractivity contribution in [1.82, 2.24) is 25.3 Å². The van der Waals surface area contributed by atoms with Crippen LogP contribution in [0.1, 0.15) is 30.6 Å². The first-order valence-corrected chi connectivity index (χ1v) is 12.1. The number of thioether (sulfide) groups is 1. The standard InChI is InChI=1S/C24H28FN5O3S/c1-3-29(4-2)14-7-15-30-23(33)19-8-5-6-9-20(19)26-24(30)34-16-21(31)27-28-22(32)17-10-12-18(25)13-11-17/h5-6,8-13H,3-4,7,14-16H2,1-2H3,(H,27,31)(H,28,32). The first-order valence-electron chi connectivity index (χ1n) is 11.1. The van der Waals surface area contributed by atoms with Gasteiger partial charge in [-0.25, -0.2) is 9.37 Å². The van der Waals surface area contributed by atoms with Gasteiger partial charge >= 0.3 is 0 Å². The van der Waals surface area contributed by atoms with Crippen molar-refractivity contribution < 1.29 is 14.0 Å². The largest absolute Gasteiger partial charge is 0.304 e. The first-order chi connectivity index (χ1) is 16.4. The summed E-state index contributed by atoms with van der Waals surface area (Å²) in [4.78, 5) is 44.4. The lowest BCUT2D eigenvalue weighted by atomic mass is 10.2. The highest BCUT2D eigenvalue weighted by Crippen LogP contribution is 2.18. The van der Waals surface area contributed by atoms with Crippen LogP contribution in [0.2, 0.25) is 0 Å². The maximum absolute atomic E-state index is 13.1. The molecule has 3 aromatic rings. The smallest absolute Gasteiger partial charge is 0.269 e. The number of hydrogen-bond donors (Lipinski definition) is 2. The van der Waals surface area contributed by atoms with Crippen LogP contribution >= 0.6 is 11.8 Å². The molecule has 2 amide bonds. The number of rotatable bonds is 10. The predicted molar refractivity (Wildman–Crippen MR) is 131 cm³/mol. The second-order valence-corrected chi connectivity index (χ2v) is 8.49. The third kappa shape index (κ3) is 6.64. The number of aromatic nitrogens is 2. The average Bonchev–Trinajstić information content (AvgIpc) is 2.85. The Kier molecular flexibility index (Phi) is 9.17. The lowest BCUT2D eigenvalue weighted by Gasteiger charge is -2.19. The van der Waals surface area contributed by atoms with E-state index >= 15 is 0 Å². The molecule has 1 aromatic heterocycles. The Morgan fingerprint density at radius 1 is 1.06 bits per heavy atom. The van der Waals surface area contributed by atoms with Crippen LogP contribution in [0.5, 0.6) is 0 Å². The van der Waals surface area contributed by atoms with Crippen LogP contribution in [-0.2, 0) is 11.3 Å². The fourth-order valence-electron chi connectivity index (χ4n) is 3.41. The molecule has 0 aliphatic rings. The van der Waals surface area contributed by atoms with Crippen molar-refractivity contribution in [2.45, 2.75) is 32.0 Å². The van der Waals surface area contributed by atoms with E-state index in [0.717, 1.165) is 49.9 Å². The van der Waals surface area contributed by atoms with Gasteiger partial charge in [-0.3, -0.25) is 29.8 Å². The molecule has 1 heterocycles. The van der Waals surface area contributed by atoms with E-state index in [4.69, 9.17) is 0 Å². The SMILES string of the molecule is CCN(CC)CCCn1c(SCC(=O)NNC(=O)c2ccc(F)cc2)nc2ccccc2c1=O. The highest BCUT2D eigenvalue weighted by Gasteiger charge is 2.14. The molecule has 8 nitrogen and oxygen atoms in total. The van der Waals surface area contributed by atoms with Crippen LogP contribution in [0, 0.1) is 5.82 Å². The van der Waals surface area contributed by atoms with Gasteiger partial charge in [0.2, 0.25) is 5.91 Å². The minimum absolute atomic E-state index is 0.0511. The molecule has 0 bridgehead atoms. The number of para-hydroxylation sites is 1. The Labute approximate surface area is 201 Å². The number of amides is 2. The quantitative estimate of drug-likeness (QED) is 0.260. The summed E-state index contributed by atoms with van der Waals surface area (Å²) in [7, 11) is 0. The van der Waals surface area contributed by atoms with Crippen molar-refractivity contribution in [3.63, 3.8) is 0 Å². The van der Waals surface area contributed by atoms with Crippen LogP contribution in [-0.4, -0.2) is 51.7 Å². The Hall–Kier alpha value is -3.24. The number of halogens is 1. The topological polar surface area (TPSA) is 96.3 Å². The zero-order chi connectivity index (χ0) is 24.5. The van der Waals surface area contributed by atoms with Gasteiger partial charge in [-0.2, -0.15) is 0 Å². The Balaban J connectivity index is 1.67. The maximum atomic E-state index is 13.1. The summed E-state index contributed by atoms with van der Waals surface area (Å²) in [5.74, 6) is -1.53. The molecule has 0 aliphatic carbocycles. The van der Waals surface area contributed by atoms with Gasteiger partial charge in [0.1, 0.15) is 5.82 Å². The lowest BCUT2D eigenvalue weighted by Crippen LogP contribution is -2.42. The van der Waals surface area contributed by atoms with Crippen molar-refractivity contribution in [2.24, 2.45) is 0 Å². The van der Waals surface area contributed by atoms with Gasteiger partial charge in [-0.15, -0.1) is 0 Å². The highest BCUT2D eigenvalue weighted by molar-refractivity contribution is 7.99. The van der Waals surface area contributed by atoms with Crippen molar-refractivity contribution in [3.05, 3.63) is 70.3 Å². The molecule has 0 saturated carbocycles. The molecule has 0 radical (unpaired) electrons. The van der Waals surface area contributed by atoms with E-state index < -0.39 is 17.6 Å². The van der Waals surface area contributed by atoms with E-state index in [2.05, 4.69) is 34.6 Å². The zero-order valence-corrected chi connectivity index (χ0v) is 20.0. The van der Waals surface area contributed by atoms with Crippen LogP contribution in [0.4, 0.5) is 4.39 Å². The summed E-state index contributed by atoms with van der Waals surface area (Å²) in [5, 5.41) is 0.981. The highest BCUT2D eigenvalue weighted by atomic mass is 32.2. The van der Waals surface area contributed by atoms with Gasteiger partial charge in [0.15, 0.2) is 5.16 Å². The van der Waals surface area contributed by atoms with E-state index in [-0.39, 0.29) is 16.9 Å². The summed E-state index contributed by atoms with van der Waals surface area (Å²) in [6.45, 7) is 7.41. The molecule has 180 valence electrons. The molecule has 0 aliphatic heterocycles. The van der Waals surface area contributed by atoms with Gasteiger partial charge in [-0.1, -0.05) is 37.7 Å². The van der Waals surface area contributed by atoms with Crippen LogP contribution in [0.3, 0.4) is 0 Å². The predicted octanol–water partition coefficient (Wildman–Crippen LogP) is 2.82. The van der Waals surface area contributed by atoms with Crippen LogP contribution < -0.4 is 16.4 Å². The Morgan fingerprint density at radius 3 is 2.47 bits per heavy atom. The fourth-order valence-corrected chi connectivity index (χ4v) is 4.24. The van der Waals surface area contributed by atoms with Crippen LogP contribution in [0.15, 0.2) is 58.5 Å². The third-order valence-electron chi connectivity index (χ3n) is 5.33.